The number of aromatic nitrogens is 1. The van der Waals surface area contributed by atoms with Crippen molar-refractivity contribution in [2.24, 2.45) is 0 Å². The minimum absolute atomic E-state index is 0.0261. The molecule has 0 atom stereocenters. The van der Waals surface area contributed by atoms with Gasteiger partial charge in [0.05, 0.1) is 10.6 Å². The van der Waals surface area contributed by atoms with Crippen molar-refractivity contribution < 1.29 is 4.92 Å². The number of nitriles is 1. The van der Waals surface area contributed by atoms with Crippen LogP contribution in [0.3, 0.4) is 0 Å². The van der Waals surface area contributed by atoms with Crippen LogP contribution in [0.15, 0.2) is 48.5 Å². The van der Waals surface area contributed by atoms with Crippen LogP contribution in [0.5, 0.6) is 0 Å². The molecule has 128 valence electrons. The molecule has 0 saturated heterocycles. The standard InChI is InChI=1S/C19H13ClN4O2/c1-11-3-2-4-13(7-11)17-9-14(15(10-21)19(22)23-17)12-5-6-16(20)18(8-12)24(25)26/h2-9H,1H3,(H2,22,23). The summed E-state index contributed by atoms with van der Waals surface area (Å²) < 4.78 is 0. The molecule has 0 fully saturated rings. The van der Waals surface area contributed by atoms with Gasteiger partial charge in [-0.3, -0.25) is 10.1 Å². The molecule has 0 aliphatic carbocycles. The lowest BCUT2D eigenvalue weighted by Gasteiger charge is -2.11. The molecule has 7 heteroatoms. The number of nitrogens with two attached hydrogens (primary N) is 1. The molecule has 0 aliphatic heterocycles. The Labute approximate surface area is 154 Å². The van der Waals surface area contributed by atoms with Crippen LogP contribution in [0, 0.1) is 28.4 Å². The van der Waals surface area contributed by atoms with E-state index in [2.05, 4.69) is 4.98 Å². The minimum atomic E-state index is -0.566. The molecule has 0 aliphatic rings. The number of benzene rings is 2. The summed E-state index contributed by atoms with van der Waals surface area (Å²) in [4.78, 5) is 14.9. The third-order valence-electron chi connectivity index (χ3n) is 3.93. The van der Waals surface area contributed by atoms with Crippen LogP contribution in [-0.4, -0.2) is 9.91 Å². The summed E-state index contributed by atoms with van der Waals surface area (Å²) in [6.45, 7) is 1.96. The Kier molecular flexibility index (Phi) is 4.57. The molecule has 6 nitrogen and oxygen atoms in total. The van der Waals surface area contributed by atoms with Crippen molar-refractivity contribution in [2.45, 2.75) is 6.92 Å². The lowest BCUT2D eigenvalue weighted by Crippen LogP contribution is -2.00. The number of rotatable bonds is 3. The molecular formula is C19H13ClN4O2. The Morgan fingerprint density at radius 2 is 1.96 bits per heavy atom. The van der Waals surface area contributed by atoms with Gasteiger partial charge in [0.2, 0.25) is 0 Å². The Morgan fingerprint density at radius 3 is 2.62 bits per heavy atom. The number of hydrogen-bond acceptors (Lipinski definition) is 5. The Hall–Kier alpha value is -3.43. The first-order valence-corrected chi connectivity index (χ1v) is 8.00. The number of pyridine rings is 1. The van der Waals surface area contributed by atoms with Gasteiger partial charge in [0, 0.05) is 17.2 Å². The third kappa shape index (κ3) is 3.21. The second-order valence-corrected chi connectivity index (χ2v) is 6.13. The highest BCUT2D eigenvalue weighted by molar-refractivity contribution is 6.32. The number of nitrogens with zero attached hydrogens (tertiary/aromatic N) is 3. The molecule has 0 spiro atoms. The average molecular weight is 365 g/mol. The first kappa shape index (κ1) is 17.4. The van der Waals surface area contributed by atoms with E-state index in [4.69, 9.17) is 17.3 Å². The number of nitrogen functional groups attached to an aromatic ring is 1. The van der Waals surface area contributed by atoms with Crippen molar-refractivity contribution in [3.8, 4) is 28.5 Å². The third-order valence-corrected chi connectivity index (χ3v) is 4.25. The monoisotopic (exact) mass is 364 g/mol. The first-order chi connectivity index (χ1) is 12.4. The summed E-state index contributed by atoms with van der Waals surface area (Å²) in [5.74, 6) is 0.0686. The number of nitro benzene ring substituents is 1. The van der Waals surface area contributed by atoms with Crippen molar-refractivity contribution in [2.75, 3.05) is 5.73 Å². The molecule has 0 radical (unpaired) electrons. The highest BCUT2D eigenvalue weighted by Gasteiger charge is 2.18. The van der Waals surface area contributed by atoms with E-state index in [0.717, 1.165) is 11.1 Å². The van der Waals surface area contributed by atoms with Gasteiger partial charge >= 0.3 is 0 Å². The van der Waals surface area contributed by atoms with Gasteiger partial charge in [-0.2, -0.15) is 5.26 Å². The number of halogens is 1. The van der Waals surface area contributed by atoms with E-state index in [1.54, 1.807) is 12.1 Å². The van der Waals surface area contributed by atoms with E-state index in [-0.39, 0.29) is 22.1 Å². The topological polar surface area (TPSA) is 106 Å². The van der Waals surface area contributed by atoms with E-state index >= 15 is 0 Å². The lowest BCUT2D eigenvalue weighted by molar-refractivity contribution is -0.384. The van der Waals surface area contributed by atoms with Gasteiger partial charge in [-0.25, -0.2) is 4.98 Å². The zero-order chi connectivity index (χ0) is 18.8. The van der Waals surface area contributed by atoms with Crippen molar-refractivity contribution in [3.63, 3.8) is 0 Å². The average Bonchev–Trinajstić information content (AvgIpc) is 2.61. The molecular weight excluding hydrogens is 352 g/mol. The highest BCUT2D eigenvalue weighted by atomic mass is 35.5. The molecule has 2 aromatic carbocycles. The van der Waals surface area contributed by atoms with Gasteiger partial charge < -0.3 is 5.73 Å². The molecule has 26 heavy (non-hydrogen) atoms. The molecule has 0 saturated carbocycles. The Morgan fingerprint density at radius 1 is 1.19 bits per heavy atom. The fraction of sp³-hybridized carbons (Fsp3) is 0.0526. The number of hydrogen-bond donors (Lipinski definition) is 1. The molecule has 1 aromatic heterocycles. The molecule has 0 bridgehead atoms. The summed E-state index contributed by atoms with van der Waals surface area (Å²) in [6, 6.07) is 15.8. The fourth-order valence-electron chi connectivity index (χ4n) is 2.68. The van der Waals surface area contributed by atoms with E-state index in [9.17, 15) is 15.4 Å². The van der Waals surface area contributed by atoms with E-state index < -0.39 is 4.92 Å². The van der Waals surface area contributed by atoms with Crippen LogP contribution in [0.4, 0.5) is 11.5 Å². The number of aryl methyl sites for hydroxylation is 1. The van der Waals surface area contributed by atoms with Crippen molar-refractivity contribution in [3.05, 3.63) is 74.8 Å². The second-order valence-electron chi connectivity index (χ2n) is 5.72. The minimum Gasteiger partial charge on any atom is -0.383 e. The first-order valence-electron chi connectivity index (χ1n) is 7.62. The van der Waals surface area contributed by atoms with E-state index in [1.807, 2.05) is 37.3 Å². The molecule has 2 N–H and O–H groups in total. The van der Waals surface area contributed by atoms with Crippen LogP contribution >= 0.6 is 11.6 Å². The van der Waals surface area contributed by atoms with Crippen LogP contribution in [0.1, 0.15) is 11.1 Å². The van der Waals surface area contributed by atoms with Crippen LogP contribution in [-0.2, 0) is 0 Å². The van der Waals surface area contributed by atoms with Gasteiger partial charge in [-0.1, -0.05) is 41.4 Å². The zero-order valence-corrected chi connectivity index (χ0v) is 14.5. The number of anilines is 1. The van der Waals surface area contributed by atoms with E-state index in [1.165, 1.54) is 12.1 Å². The predicted octanol–water partition coefficient (Wildman–Crippen LogP) is 4.74. The van der Waals surface area contributed by atoms with Crippen molar-refractivity contribution >= 4 is 23.1 Å². The van der Waals surface area contributed by atoms with Crippen LogP contribution < -0.4 is 5.73 Å². The largest absolute Gasteiger partial charge is 0.383 e. The highest BCUT2D eigenvalue weighted by Crippen LogP contribution is 2.35. The van der Waals surface area contributed by atoms with E-state index in [0.29, 0.717) is 16.8 Å². The molecule has 3 rings (SSSR count). The molecule has 0 unspecified atom stereocenters. The Bertz CT molecular complexity index is 1070. The smallest absolute Gasteiger partial charge is 0.288 e. The number of nitro groups is 1. The van der Waals surface area contributed by atoms with Gasteiger partial charge in [0.15, 0.2) is 0 Å². The molecule has 3 aromatic rings. The van der Waals surface area contributed by atoms with Gasteiger partial charge in [0.25, 0.3) is 5.69 Å². The SMILES string of the molecule is Cc1cccc(-c2cc(-c3ccc(Cl)c([N+](=O)[O-])c3)c(C#N)c(N)n2)c1. The van der Waals surface area contributed by atoms with Crippen LogP contribution in [0.2, 0.25) is 5.02 Å². The summed E-state index contributed by atoms with van der Waals surface area (Å²) >= 11 is 5.88. The van der Waals surface area contributed by atoms with Crippen molar-refractivity contribution in [1.82, 2.24) is 4.98 Å². The summed E-state index contributed by atoms with van der Waals surface area (Å²) in [5, 5.41) is 20.7. The van der Waals surface area contributed by atoms with Gasteiger partial charge in [-0.15, -0.1) is 0 Å². The molecule has 1 heterocycles. The zero-order valence-electron chi connectivity index (χ0n) is 13.7. The van der Waals surface area contributed by atoms with Crippen LogP contribution in [0.25, 0.3) is 22.4 Å². The summed E-state index contributed by atoms with van der Waals surface area (Å²) in [7, 11) is 0. The maximum absolute atomic E-state index is 11.2. The quantitative estimate of drug-likeness (QED) is 0.533. The maximum atomic E-state index is 11.2. The fourth-order valence-corrected chi connectivity index (χ4v) is 2.87. The Balaban J connectivity index is 2.26. The van der Waals surface area contributed by atoms with Gasteiger partial charge in [0.1, 0.15) is 22.5 Å². The molecule has 0 amide bonds. The maximum Gasteiger partial charge on any atom is 0.288 e. The second kappa shape index (κ2) is 6.82. The lowest BCUT2D eigenvalue weighted by atomic mass is 9.97. The van der Waals surface area contributed by atoms with Gasteiger partial charge in [-0.05, 0) is 30.7 Å². The normalized spacial score (nSPS) is 10.3. The predicted molar refractivity (Wildman–Crippen MR) is 101 cm³/mol. The van der Waals surface area contributed by atoms with Crippen molar-refractivity contribution in [1.29, 1.82) is 5.26 Å². The summed E-state index contributed by atoms with van der Waals surface area (Å²) in [6.07, 6.45) is 0. The summed E-state index contributed by atoms with van der Waals surface area (Å²) in [5.41, 5.74) is 9.32.